The SMILES string of the molecule is CCc1nc(COC(=O)CCCc2nc(C(C)(C)C)no2)cs1. The Morgan fingerprint density at radius 1 is 1.35 bits per heavy atom. The van der Waals surface area contributed by atoms with Crippen molar-refractivity contribution in [2.75, 3.05) is 0 Å². The fourth-order valence-corrected chi connectivity index (χ4v) is 2.58. The fourth-order valence-electron chi connectivity index (χ4n) is 1.85. The molecule has 2 rings (SSSR count). The Bertz CT molecular complexity index is 643. The highest BCUT2D eigenvalue weighted by atomic mass is 32.1. The van der Waals surface area contributed by atoms with E-state index < -0.39 is 0 Å². The van der Waals surface area contributed by atoms with Crippen molar-refractivity contribution in [1.29, 1.82) is 0 Å². The molecule has 6 nitrogen and oxygen atoms in total. The van der Waals surface area contributed by atoms with Crippen molar-refractivity contribution in [1.82, 2.24) is 15.1 Å². The van der Waals surface area contributed by atoms with Gasteiger partial charge in [-0.25, -0.2) is 4.98 Å². The predicted octanol–water partition coefficient (Wildman–Crippen LogP) is 3.45. The van der Waals surface area contributed by atoms with Crippen LogP contribution >= 0.6 is 11.3 Å². The van der Waals surface area contributed by atoms with E-state index in [1.165, 1.54) is 0 Å². The molecule has 2 heterocycles. The van der Waals surface area contributed by atoms with E-state index in [1.807, 2.05) is 26.2 Å². The van der Waals surface area contributed by atoms with Gasteiger partial charge in [-0.2, -0.15) is 4.98 Å². The Labute approximate surface area is 140 Å². The van der Waals surface area contributed by atoms with Gasteiger partial charge in [0.25, 0.3) is 0 Å². The van der Waals surface area contributed by atoms with Gasteiger partial charge >= 0.3 is 5.97 Å². The van der Waals surface area contributed by atoms with Gasteiger partial charge in [-0.3, -0.25) is 4.79 Å². The molecule has 0 fully saturated rings. The minimum atomic E-state index is -0.230. The molecule has 0 saturated carbocycles. The topological polar surface area (TPSA) is 78.1 Å². The van der Waals surface area contributed by atoms with Crippen LogP contribution in [-0.4, -0.2) is 21.1 Å². The highest BCUT2D eigenvalue weighted by Gasteiger charge is 2.20. The van der Waals surface area contributed by atoms with Crippen LogP contribution in [0, 0.1) is 0 Å². The average molecular weight is 337 g/mol. The molecular weight excluding hydrogens is 314 g/mol. The number of aromatic nitrogens is 3. The number of hydrogen-bond donors (Lipinski definition) is 0. The molecule has 2 aromatic heterocycles. The molecule has 7 heteroatoms. The third kappa shape index (κ3) is 5.42. The van der Waals surface area contributed by atoms with Crippen molar-refractivity contribution in [3.05, 3.63) is 27.8 Å². The Morgan fingerprint density at radius 2 is 2.13 bits per heavy atom. The molecule has 0 aliphatic heterocycles. The van der Waals surface area contributed by atoms with Gasteiger partial charge in [0.05, 0.1) is 10.7 Å². The van der Waals surface area contributed by atoms with Crippen molar-refractivity contribution in [3.8, 4) is 0 Å². The van der Waals surface area contributed by atoms with Crippen LogP contribution in [0.15, 0.2) is 9.90 Å². The second-order valence-corrected chi connectivity index (χ2v) is 7.30. The molecule has 0 N–H and O–H groups in total. The van der Waals surface area contributed by atoms with E-state index >= 15 is 0 Å². The number of thiazole rings is 1. The van der Waals surface area contributed by atoms with Crippen LogP contribution in [0.1, 0.15) is 63.0 Å². The molecule has 0 aliphatic rings. The number of hydrogen-bond acceptors (Lipinski definition) is 7. The van der Waals surface area contributed by atoms with E-state index in [0.29, 0.717) is 31.0 Å². The third-order valence-corrected chi connectivity index (χ3v) is 4.24. The lowest BCUT2D eigenvalue weighted by atomic mass is 9.96. The number of esters is 1. The number of aryl methyl sites for hydroxylation is 2. The highest BCUT2D eigenvalue weighted by molar-refractivity contribution is 7.09. The second-order valence-electron chi connectivity index (χ2n) is 6.36. The largest absolute Gasteiger partial charge is 0.459 e. The zero-order valence-corrected chi connectivity index (χ0v) is 14.9. The standard InChI is InChI=1S/C16H23N3O3S/c1-5-13-17-11(10-23-13)9-21-14(20)8-6-7-12-18-15(19-22-12)16(2,3)4/h10H,5-9H2,1-4H3. The predicted molar refractivity (Wildman–Crippen MR) is 87.2 cm³/mol. The Balaban J connectivity index is 1.69. The Hall–Kier alpha value is -1.76. The Kier molecular flexibility index (Phi) is 5.87. The number of carbonyl (C=O) groups excluding carboxylic acids is 1. The van der Waals surface area contributed by atoms with Crippen LogP contribution in [0.4, 0.5) is 0 Å². The number of nitrogens with zero attached hydrogens (tertiary/aromatic N) is 3. The molecule has 23 heavy (non-hydrogen) atoms. The summed E-state index contributed by atoms with van der Waals surface area (Å²) in [6.07, 6.45) is 2.44. The molecule has 0 unspecified atom stereocenters. The third-order valence-electron chi connectivity index (χ3n) is 3.19. The van der Waals surface area contributed by atoms with Gasteiger partial charge in [0.2, 0.25) is 5.89 Å². The lowest BCUT2D eigenvalue weighted by Crippen LogP contribution is -2.13. The van der Waals surface area contributed by atoms with E-state index in [4.69, 9.17) is 9.26 Å². The molecule has 126 valence electrons. The van der Waals surface area contributed by atoms with E-state index in [9.17, 15) is 4.79 Å². The van der Waals surface area contributed by atoms with Gasteiger partial charge in [0.1, 0.15) is 6.61 Å². The number of carbonyl (C=O) groups is 1. The molecule has 0 aromatic carbocycles. The maximum absolute atomic E-state index is 11.7. The minimum Gasteiger partial charge on any atom is -0.459 e. The van der Waals surface area contributed by atoms with Crippen LogP contribution in [0.25, 0.3) is 0 Å². The van der Waals surface area contributed by atoms with Crippen molar-refractivity contribution in [2.24, 2.45) is 0 Å². The van der Waals surface area contributed by atoms with Crippen molar-refractivity contribution in [2.45, 2.75) is 65.4 Å². The summed E-state index contributed by atoms with van der Waals surface area (Å²) in [5.41, 5.74) is 0.679. The Morgan fingerprint density at radius 3 is 2.74 bits per heavy atom. The van der Waals surface area contributed by atoms with Crippen LogP contribution < -0.4 is 0 Å². The number of rotatable bonds is 7. The van der Waals surface area contributed by atoms with Gasteiger partial charge in [-0.05, 0) is 12.8 Å². The monoisotopic (exact) mass is 337 g/mol. The summed E-state index contributed by atoms with van der Waals surface area (Å²) in [6.45, 7) is 8.38. The molecule has 2 aromatic rings. The molecule has 0 saturated heterocycles. The maximum Gasteiger partial charge on any atom is 0.306 e. The highest BCUT2D eigenvalue weighted by Crippen LogP contribution is 2.19. The van der Waals surface area contributed by atoms with Crippen molar-refractivity contribution in [3.63, 3.8) is 0 Å². The van der Waals surface area contributed by atoms with Crippen molar-refractivity contribution < 1.29 is 14.1 Å². The molecule has 0 atom stereocenters. The minimum absolute atomic E-state index is 0.133. The average Bonchev–Trinajstić information content (AvgIpc) is 3.13. The summed E-state index contributed by atoms with van der Waals surface area (Å²) in [5.74, 6) is 1.02. The van der Waals surface area contributed by atoms with Gasteiger partial charge < -0.3 is 9.26 Å². The molecule has 0 bridgehead atoms. The quantitative estimate of drug-likeness (QED) is 0.720. The van der Waals surface area contributed by atoms with Gasteiger partial charge in [-0.15, -0.1) is 11.3 Å². The lowest BCUT2D eigenvalue weighted by Gasteiger charge is -2.10. The summed E-state index contributed by atoms with van der Waals surface area (Å²) in [6, 6.07) is 0. The smallest absolute Gasteiger partial charge is 0.306 e. The summed E-state index contributed by atoms with van der Waals surface area (Å²) < 4.78 is 10.4. The summed E-state index contributed by atoms with van der Waals surface area (Å²) in [4.78, 5) is 20.4. The normalized spacial score (nSPS) is 11.7. The van der Waals surface area contributed by atoms with Crippen LogP contribution in [0.5, 0.6) is 0 Å². The summed E-state index contributed by atoms with van der Waals surface area (Å²) in [7, 11) is 0. The first-order valence-electron chi connectivity index (χ1n) is 7.80. The summed E-state index contributed by atoms with van der Waals surface area (Å²) in [5, 5.41) is 6.95. The summed E-state index contributed by atoms with van der Waals surface area (Å²) >= 11 is 1.59. The van der Waals surface area contributed by atoms with E-state index in [-0.39, 0.29) is 18.0 Å². The van der Waals surface area contributed by atoms with E-state index in [1.54, 1.807) is 11.3 Å². The molecular formula is C16H23N3O3S. The zero-order valence-electron chi connectivity index (χ0n) is 14.1. The molecule has 0 spiro atoms. The van der Waals surface area contributed by atoms with Crippen molar-refractivity contribution >= 4 is 17.3 Å². The molecule has 0 amide bonds. The van der Waals surface area contributed by atoms with Crippen LogP contribution in [0.3, 0.4) is 0 Å². The van der Waals surface area contributed by atoms with Crippen LogP contribution in [0.2, 0.25) is 0 Å². The fraction of sp³-hybridized carbons (Fsp3) is 0.625. The van der Waals surface area contributed by atoms with Crippen LogP contribution in [-0.2, 0) is 34.4 Å². The first-order chi connectivity index (χ1) is 10.9. The zero-order chi connectivity index (χ0) is 16.9. The van der Waals surface area contributed by atoms with Gasteiger partial charge in [0, 0.05) is 23.6 Å². The first kappa shape index (κ1) is 17.6. The first-order valence-corrected chi connectivity index (χ1v) is 8.68. The molecule has 0 aliphatic carbocycles. The van der Waals surface area contributed by atoms with E-state index in [2.05, 4.69) is 22.0 Å². The van der Waals surface area contributed by atoms with Gasteiger partial charge in [-0.1, -0.05) is 32.9 Å². The van der Waals surface area contributed by atoms with E-state index in [0.717, 1.165) is 17.1 Å². The lowest BCUT2D eigenvalue weighted by molar-refractivity contribution is -0.145. The second kappa shape index (κ2) is 7.68. The molecule has 0 radical (unpaired) electrons. The maximum atomic E-state index is 11.7. The number of ether oxygens (including phenoxy) is 1. The van der Waals surface area contributed by atoms with Gasteiger partial charge in [0.15, 0.2) is 5.82 Å².